The highest BCUT2D eigenvalue weighted by Gasteiger charge is 2.23. The Balaban J connectivity index is 1.18. The number of fused-ring (bicyclic) bond motifs is 1. The van der Waals surface area contributed by atoms with Crippen molar-refractivity contribution in [3.63, 3.8) is 0 Å². The predicted molar refractivity (Wildman–Crippen MR) is 127 cm³/mol. The maximum atomic E-state index is 11.8. The van der Waals surface area contributed by atoms with Crippen molar-refractivity contribution < 1.29 is 13.2 Å². The number of rotatable bonds is 7. The van der Waals surface area contributed by atoms with Crippen molar-refractivity contribution in [2.24, 2.45) is 5.92 Å². The number of aromatic nitrogens is 1. The first kappa shape index (κ1) is 22.6. The number of benzene rings is 1. The van der Waals surface area contributed by atoms with E-state index in [9.17, 15) is 8.42 Å². The Bertz CT molecular complexity index is 990. The van der Waals surface area contributed by atoms with Gasteiger partial charge in [-0.15, -0.1) is 0 Å². The van der Waals surface area contributed by atoms with Gasteiger partial charge in [0, 0.05) is 36.8 Å². The number of anilines is 1. The molecule has 2 aliphatic heterocycles. The van der Waals surface area contributed by atoms with Crippen LogP contribution in [0.3, 0.4) is 0 Å². The van der Waals surface area contributed by atoms with E-state index in [-0.39, 0.29) is 0 Å². The quantitative estimate of drug-likeness (QED) is 0.524. The van der Waals surface area contributed by atoms with E-state index in [1.54, 1.807) is 0 Å². The van der Waals surface area contributed by atoms with Gasteiger partial charge < -0.3 is 9.64 Å². The van der Waals surface area contributed by atoms with Gasteiger partial charge >= 0.3 is 0 Å². The molecular weight excluding hydrogens is 478 g/mol. The van der Waals surface area contributed by atoms with Gasteiger partial charge in [0.15, 0.2) is 0 Å². The van der Waals surface area contributed by atoms with Crippen LogP contribution in [0.25, 0.3) is 0 Å². The van der Waals surface area contributed by atoms with Gasteiger partial charge in [-0.3, -0.25) is 0 Å². The zero-order valence-electron chi connectivity index (χ0n) is 18.0. The molecule has 0 saturated carbocycles. The molecule has 2 aliphatic rings. The zero-order chi connectivity index (χ0) is 21.8. The van der Waals surface area contributed by atoms with E-state index in [4.69, 9.17) is 4.74 Å². The molecule has 4 rings (SSSR count). The summed E-state index contributed by atoms with van der Waals surface area (Å²) in [6, 6.07) is 10.2. The first-order chi connectivity index (χ1) is 14.9. The first-order valence-corrected chi connectivity index (χ1v) is 13.6. The molecule has 0 aliphatic carbocycles. The van der Waals surface area contributed by atoms with Crippen molar-refractivity contribution in [1.82, 2.24) is 9.29 Å². The molecule has 168 valence electrons. The largest absolute Gasteiger partial charge is 0.494 e. The molecule has 0 spiro atoms. The molecule has 0 amide bonds. The van der Waals surface area contributed by atoms with Crippen LogP contribution in [0.4, 0.5) is 5.82 Å². The number of pyridine rings is 1. The molecule has 1 aromatic carbocycles. The van der Waals surface area contributed by atoms with E-state index in [0.717, 1.165) is 60.1 Å². The van der Waals surface area contributed by atoms with Crippen molar-refractivity contribution in [3.05, 3.63) is 52.1 Å². The number of ether oxygens (including phenoxy) is 1. The molecule has 3 heterocycles. The van der Waals surface area contributed by atoms with Crippen LogP contribution in [-0.2, 0) is 23.0 Å². The SMILES string of the molecule is CS(=O)(=O)N1CCc2cc(OCCCC3CCN(c4ccc(Br)cn4)CC3)ccc2C1. The molecule has 2 aromatic rings. The monoisotopic (exact) mass is 507 g/mol. The lowest BCUT2D eigenvalue weighted by Crippen LogP contribution is -2.35. The third kappa shape index (κ3) is 5.99. The van der Waals surface area contributed by atoms with Crippen LogP contribution in [0.15, 0.2) is 41.0 Å². The average Bonchev–Trinajstić information content (AvgIpc) is 2.77. The number of halogens is 1. The molecule has 0 radical (unpaired) electrons. The second-order valence-corrected chi connectivity index (χ2v) is 11.4. The zero-order valence-corrected chi connectivity index (χ0v) is 20.4. The van der Waals surface area contributed by atoms with E-state index < -0.39 is 10.0 Å². The molecule has 8 heteroatoms. The average molecular weight is 508 g/mol. The standard InChI is InChI=1S/C23H30BrN3O3S/c1-31(28,29)27-13-10-19-15-22(6-4-20(19)17-27)30-14-2-3-18-8-11-26(12-9-18)23-7-5-21(24)16-25-23/h4-7,15-16,18H,2-3,8-14,17H2,1H3. The Kier molecular flexibility index (Phi) is 7.19. The molecular formula is C23H30BrN3O3S. The van der Waals surface area contributed by atoms with Gasteiger partial charge in [-0.1, -0.05) is 6.07 Å². The third-order valence-corrected chi connectivity index (χ3v) is 8.02. The van der Waals surface area contributed by atoms with E-state index in [0.29, 0.717) is 13.1 Å². The lowest BCUT2D eigenvalue weighted by atomic mass is 9.92. The molecule has 1 saturated heterocycles. The van der Waals surface area contributed by atoms with E-state index in [2.05, 4.69) is 37.9 Å². The van der Waals surface area contributed by atoms with Gasteiger partial charge in [-0.05, 0) is 89.3 Å². The summed E-state index contributed by atoms with van der Waals surface area (Å²) in [5.74, 6) is 2.71. The second kappa shape index (κ2) is 9.88. The van der Waals surface area contributed by atoms with Crippen molar-refractivity contribution in [2.45, 2.75) is 38.6 Å². The van der Waals surface area contributed by atoms with Gasteiger partial charge in [-0.25, -0.2) is 13.4 Å². The summed E-state index contributed by atoms with van der Waals surface area (Å²) in [6.07, 6.45) is 8.53. The number of piperidine rings is 1. The van der Waals surface area contributed by atoms with E-state index in [1.165, 1.54) is 35.4 Å². The summed E-state index contributed by atoms with van der Waals surface area (Å²) in [6.45, 7) is 3.86. The highest BCUT2D eigenvalue weighted by Crippen LogP contribution is 2.27. The Morgan fingerprint density at radius 1 is 1.13 bits per heavy atom. The summed E-state index contributed by atoms with van der Waals surface area (Å²) < 4.78 is 32.1. The number of sulfonamides is 1. The summed E-state index contributed by atoms with van der Waals surface area (Å²) in [7, 11) is -3.13. The smallest absolute Gasteiger partial charge is 0.211 e. The second-order valence-electron chi connectivity index (χ2n) is 8.53. The number of nitrogens with zero attached hydrogens (tertiary/aromatic N) is 3. The Hall–Kier alpha value is -1.64. The van der Waals surface area contributed by atoms with Crippen LogP contribution in [-0.4, -0.2) is 50.2 Å². The summed E-state index contributed by atoms with van der Waals surface area (Å²) in [5, 5.41) is 0. The Morgan fingerprint density at radius 2 is 1.94 bits per heavy atom. The van der Waals surface area contributed by atoms with Gasteiger partial charge in [0.2, 0.25) is 10.0 Å². The fourth-order valence-electron chi connectivity index (χ4n) is 4.44. The summed E-state index contributed by atoms with van der Waals surface area (Å²) in [4.78, 5) is 6.88. The summed E-state index contributed by atoms with van der Waals surface area (Å²) in [5.41, 5.74) is 2.28. The van der Waals surface area contributed by atoms with Crippen LogP contribution < -0.4 is 9.64 Å². The maximum absolute atomic E-state index is 11.8. The van der Waals surface area contributed by atoms with Crippen LogP contribution in [0.5, 0.6) is 5.75 Å². The Labute approximate surface area is 193 Å². The Morgan fingerprint density at radius 3 is 2.65 bits per heavy atom. The van der Waals surface area contributed by atoms with Gasteiger partial charge in [0.25, 0.3) is 0 Å². The fraction of sp³-hybridized carbons (Fsp3) is 0.522. The molecule has 0 atom stereocenters. The molecule has 0 unspecified atom stereocenters. The minimum atomic E-state index is -3.13. The normalized spacial score (nSPS) is 18.1. The molecule has 1 fully saturated rings. The van der Waals surface area contributed by atoms with Gasteiger partial charge in [0.1, 0.15) is 11.6 Å². The van der Waals surface area contributed by atoms with Crippen LogP contribution in [0.2, 0.25) is 0 Å². The van der Waals surface area contributed by atoms with Gasteiger partial charge in [0.05, 0.1) is 12.9 Å². The highest BCUT2D eigenvalue weighted by molar-refractivity contribution is 9.10. The molecule has 0 bridgehead atoms. The van der Waals surface area contributed by atoms with Gasteiger partial charge in [-0.2, -0.15) is 4.31 Å². The fourth-order valence-corrected chi connectivity index (χ4v) is 5.48. The van der Waals surface area contributed by atoms with Crippen LogP contribution >= 0.6 is 15.9 Å². The topological polar surface area (TPSA) is 62.7 Å². The first-order valence-electron chi connectivity index (χ1n) is 10.9. The van der Waals surface area contributed by atoms with Crippen molar-refractivity contribution in [2.75, 3.05) is 37.4 Å². The third-order valence-electron chi connectivity index (χ3n) is 6.30. The van der Waals surface area contributed by atoms with Crippen molar-refractivity contribution in [3.8, 4) is 5.75 Å². The van der Waals surface area contributed by atoms with Crippen LogP contribution in [0, 0.1) is 5.92 Å². The van der Waals surface area contributed by atoms with Crippen molar-refractivity contribution in [1.29, 1.82) is 0 Å². The molecule has 31 heavy (non-hydrogen) atoms. The molecule has 0 N–H and O–H groups in total. The number of hydrogen-bond acceptors (Lipinski definition) is 5. The molecule has 6 nitrogen and oxygen atoms in total. The minimum Gasteiger partial charge on any atom is -0.494 e. The van der Waals surface area contributed by atoms with E-state index >= 15 is 0 Å². The summed E-state index contributed by atoms with van der Waals surface area (Å²) >= 11 is 3.44. The molecule has 1 aromatic heterocycles. The highest BCUT2D eigenvalue weighted by atomic mass is 79.9. The van der Waals surface area contributed by atoms with E-state index in [1.807, 2.05) is 24.4 Å². The van der Waals surface area contributed by atoms with Crippen LogP contribution in [0.1, 0.15) is 36.8 Å². The number of hydrogen-bond donors (Lipinski definition) is 0. The lowest BCUT2D eigenvalue weighted by molar-refractivity contribution is 0.278. The maximum Gasteiger partial charge on any atom is 0.211 e. The predicted octanol–water partition coefficient (Wildman–Crippen LogP) is 4.24. The lowest BCUT2D eigenvalue weighted by Gasteiger charge is -2.32. The van der Waals surface area contributed by atoms with Crippen molar-refractivity contribution >= 4 is 31.8 Å². The minimum absolute atomic E-state index is 0.461.